The number of urea groups is 1. The van der Waals surface area contributed by atoms with Crippen molar-refractivity contribution in [2.45, 2.75) is 32.7 Å². The molecule has 0 spiro atoms. The van der Waals surface area contributed by atoms with E-state index in [0.717, 1.165) is 19.4 Å². The van der Waals surface area contributed by atoms with Crippen LogP contribution in [0, 0.1) is 0 Å². The summed E-state index contributed by atoms with van der Waals surface area (Å²) in [4.78, 5) is 21.4. The van der Waals surface area contributed by atoms with Crippen molar-refractivity contribution in [2.75, 3.05) is 13.1 Å². The van der Waals surface area contributed by atoms with Crippen molar-refractivity contribution in [2.24, 2.45) is 5.73 Å². The van der Waals surface area contributed by atoms with Gasteiger partial charge in [0.1, 0.15) is 5.78 Å². The second kappa shape index (κ2) is 7.32. The number of carbonyl (C=O) groups is 2. The predicted octanol–water partition coefficient (Wildman–Crippen LogP) is 0.00200. The second-order valence-corrected chi connectivity index (χ2v) is 3.15. The van der Waals surface area contributed by atoms with Gasteiger partial charge in [-0.1, -0.05) is 6.92 Å². The average molecular weight is 201 g/mol. The van der Waals surface area contributed by atoms with Crippen LogP contribution in [-0.4, -0.2) is 30.9 Å². The van der Waals surface area contributed by atoms with Crippen LogP contribution in [0.5, 0.6) is 0 Å². The number of nitrogens with one attached hydrogen (secondary N) is 2. The third-order valence-corrected chi connectivity index (χ3v) is 1.91. The van der Waals surface area contributed by atoms with Crippen molar-refractivity contribution in [1.29, 1.82) is 0 Å². The monoisotopic (exact) mass is 201 g/mol. The molecule has 14 heavy (non-hydrogen) atoms. The van der Waals surface area contributed by atoms with Gasteiger partial charge in [-0.05, 0) is 26.3 Å². The molecule has 0 aromatic heterocycles. The molecule has 0 saturated heterocycles. The number of Topliss-reactive ketones (excluding diaryl/α,β-unsaturated/α-hetero) is 1. The van der Waals surface area contributed by atoms with E-state index >= 15 is 0 Å². The first-order valence-corrected chi connectivity index (χ1v) is 4.85. The highest BCUT2D eigenvalue weighted by Crippen LogP contribution is 1.97. The summed E-state index contributed by atoms with van der Waals surface area (Å²) in [7, 11) is 0. The van der Waals surface area contributed by atoms with Gasteiger partial charge in [0.15, 0.2) is 0 Å². The first kappa shape index (κ1) is 12.9. The quantitative estimate of drug-likeness (QED) is 0.507. The van der Waals surface area contributed by atoms with Crippen molar-refractivity contribution in [3.05, 3.63) is 0 Å². The molecule has 0 saturated carbocycles. The smallest absolute Gasteiger partial charge is 0.312 e. The summed E-state index contributed by atoms with van der Waals surface area (Å²) >= 11 is 0. The van der Waals surface area contributed by atoms with E-state index in [1.54, 1.807) is 6.92 Å². The normalized spacial score (nSPS) is 12.1. The van der Waals surface area contributed by atoms with E-state index in [4.69, 9.17) is 5.73 Å². The average Bonchev–Trinajstić information content (AvgIpc) is 2.09. The fourth-order valence-corrected chi connectivity index (χ4v) is 1.21. The lowest BCUT2D eigenvalue weighted by molar-refractivity contribution is -0.119. The van der Waals surface area contributed by atoms with Crippen molar-refractivity contribution in [3.8, 4) is 0 Å². The summed E-state index contributed by atoms with van der Waals surface area (Å²) in [6, 6.07) is -0.623. The molecular weight excluding hydrogens is 182 g/mol. The molecule has 4 N–H and O–H groups in total. The minimum absolute atomic E-state index is 0.102. The van der Waals surface area contributed by atoms with Crippen LogP contribution in [-0.2, 0) is 4.79 Å². The molecule has 1 atom stereocenters. The zero-order valence-electron chi connectivity index (χ0n) is 8.80. The van der Waals surface area contributed by atoms with Crippen LogP contribution >= 0.6 is 0 Å². The molecule has 0 rings (SSSR count). The maximum Gasteiger partial charge on any atom is 0.312 e. The van der Waals surface area contributed by atoms with Crippen LogP contribution in [0.3, 0.4) is 0 Å². The Morgan fingerprint density at radius 1 is 1.43 bits per heavy atom. The summed E-state index contributed by atoms with van der Waals surface area (Å²) in [5, 5.41) is 5.56. The molecule has 0 aliphatic heterocycles. The van der Waals surface area contributed by atoms with Gasteiger partial charge in [-0.15, -0.1) is 0 Å². The SMILES string of the molecule is CCN[C@@H](CCCNC(N)=O)C(C)=O. The first-order chi connectivity index (χ1) is 6.57. The molecule has 0 fully saturated rings. The number of carbonyl (C=O) groups excluding carboxylic acids is 2. The zero-order valence-corrected chi connectivity index (χ0v) is 8.80. The molecule has 5 heteroatoms. The molecule has 0 aliphatic carbocycles. The van der Waals surface area contributed by atoms with Crippen LogP contribution in [0.4, 0.5) is 4.79 Å². The molecule has 0 aromatic carbocycles. The van der Waals surface area contributed by atoms with Gasteiger partial charge in [0.2, 0.25) is 0 Å². The van der Waals surface area contributed by atoms with Crippen molar-refractivity contribution >= 4 is 11.8 Å². The highest BCUT2D eigenvalue weighted by molar-refractivity contribution is 5.81. The Bertz CT molecular complexity index is 194. The molecule has 5 nitrogen and oxygen atoms in total. The Kier molecular flexibility index (Phi) is 6.74. The van der Waals surface area contributed by atoms with Gasteiger partial charge in [0.05, 0.1) is 6.04 Å². The van der Waals surface area contributed by atoms with Gasteiger partial charge in [-0.25, -0.2) is 4.79 Å². The predicted molar refractivity (Wildman–Crippen MR) is 55.0 cm³/mol. The molecule has 82 valence electrons. The topological polar surface area (TPSA) is 84.2 Å². The Morgan fingerprint density at radius 3 is 2.50 bits per heavy atom. The molecule has 0 heterocycles. The molecule has 0 aliphatic rings. The van der Waals surface area contributed by atoms with Gasteiger partial charge >= 0.3 is 6.03 Å². The fourth-order valence-electron chi connectivity index (χ4n) is 1.21. The van der Waals surface area contributed by atoms with E-state index < -0.39 is 6.03 Å². The van der Waals surface area contributed by atoms with Gasteiger partial charge in [-0.2, -0.15) is 0 Å². The van der Waals surface area contributed by atoms with Crippen LogP contribution < -0.4 is 16.4 Å². The minimum atomic E-state index is -0.521. The van der Waals surface area contributed by atoms with E-state index in [2.05, 4.69) is 10.6 Å². The Balaban J connectivity index is 3.61. The largest absolute Gasteiger partial charge is 0.352 e. The zero-order chi connectivity index (χ0) is 11.0. The van der Waals surface area contributed by atoms with E-state index in [9.17, 15) is 9.59 Å². The number of amides is 2. The summed E-state index contributed by atoms with van der Waals surface area (Å²) in [6.07, 6.45) is 1.48. The van der Waals surface area contributed by atoms with Crippen molar-refractivity contribution < 1.29 is 9.59 Å². The molecular formula is C9H19N3O2. The summed E-state index contributed by atoms with van der Waals surface area (Å²) < 4.78 is 0. The van der Waals surface area contributed by atoms with Crippen LogP contribution in [0.2, 0.25) is 0 Å². The molecule has 0 unspecified atom stereocenters. The van der Waals surface area contributed by atoms with E-state index in [-0.39, 0.29) is 11.8 Å². The first-order valence-electron chi connectivity index (χ1n) is 4.85. The number of nitrogens with two attached hydrogens (primary N) is 1. The number of hydrogen-bond donors (Lipinski definition) is 3. The van der Waals surface area contributed by atoms with E-state index in [0.29, 0.717) is 6.54 Å². The second-order valence-electron chi connectivity index (χ2n) is 3.15. The molecule has 0 bridgehead atoms. The number of ketones is 1. The molecule has 0 aromatic rings. The third-order valence-electron chi connectivity index (χ3n) is 1.91. The van der Waals surface area contributed by atoms with Gasteiger partial charge in [-0.3, -0.25) is 4.79 Å². The minimum Gasteiger partial charge on any atom is -0.352 e. The van der Waals surface area contributed by atoms with Gasteiger partial charge < -0.3 is 16.4 Å². The maximum absolute atomic E-state index is 11.1. The highest BCUT2D eigenvalue weighted by Gasteiger charge is 2.11. The summed E-state index contributed by atoms with van der Waals surface area (Å²) in [6.45, 7) is 4.81. The summed E-state index contributed by atoms with van der Waals surface area (Å²) in [5.41, 5.74) is 4.90. The Labute approximate surface area is 84.4 Å². The van der Waals surface area contributed by atoms with Crippen molar-refractivity contribution in [3.63, 3.8) is 0 Å². The fraction of sp³-hybridized carbons (Fsp3) is 0.778. The Morgan fingerprint density at radius 2 is 2.07 bits per heavy atom. The Hall–Kier alpha value is -1.10. The summed E-state index contributed by atoms with van der Waals surface area (Å²) in [5.74, 6) is 0.130. The lowest BCUT2D eigenvalue weighted by atomic mass is 10.1. The number of rotatable bonds is 7. The van der Waals surface area contributed by atoms with Gasteiger partial charge in [0.25, 0.3) is 0 Å². The van der Waals surface area contributed by atoms with Gasteiger partial charge in [0, 0.05) is 6.54 Å². The lowest BCUT2D eigenvalue weighted by Gasteiger charge is -2.14. The standard InChI is InChI=1S/C9H19N3O2/c1-3-11-8(7(2)13)5-4-6-12-9(10)14/h8,11H,3-6H2,1-2H3,(H3,10,12,14)/t8-/m0/s1. The van der Waals surface area contributed by atoms with E-state index in [1.165, 1.54) is 0 Å². The maximum atomic E-state index is 11.1. The lowest BCUT2D eigenvalue weighted by Crippen LogP contribution is -2.36. The van der Waals surface area contributed by atoms with Crippen molar-refractivity contribution in [1.82, 2.24) is 10.6 Å². The number of primary amides is 1. The number of likely N-dealkylation sites (N-methyl/N-ethyl adjacent to an activating group) is 1. The van der Waals surface area contributed by atoms with Crippen LogP contribution in [0.25, 0.3) is 0 Å². The van der Waals surface area contributed by atoms with Crippen LogP contribution in [0.1, 0.15) is 26.7 Å². The molecule has 0 radical (unpaired) electrons. The third kappa shape index (κ3) is 6.42. The molecule has 2 amide bonds. The van der Waals surface area contributed by atoms with Crippen LogP contribution in [0.15, 0.2) is 0 Å². The highest BCUT2D eigenvalue weighted by atomic mass is 16.2. The van der Waals surface area contributed by atoms with E-state index in [1.807, 2.05) is 6.92 Å². The number of hydrogen-bond acceptors (Lipinski definition) is 3.